The molecule has 2 rings (SSSR count). The lowest BCUT2D eigenvalue weighted by atomic mass is 10.1. The third-order valence-electron chi connectivity index (χ3n) is 2.47. The average Bonchev–Trinajstić information content (AvgIpc) is 2.82. The van der Waals surface area contributed by atoms with E-state index in [1.165, 1.54) is 18.7 Å². The number of nitrogens with zero attached hydrogens (tertiary/aromatic N) is 2. The summed E-state index contributed by atoms with van der Waals surface area (Å²) in [6.45, 7) is -0.491. The topological polar surface area (TPSA) is 108 Å². The molecule has 1 saturated heterocycles. The van der Waals surface area contributed by atoms with Crippen LogP contribution < -0.4 is 0 Å². The first-order chi connectivity index (χ1) is 7.09. The Morgan fingerprint density at radius 3 is 2.67 bits per heavy atom. The number of ether oxygens (including phenoxy) is 1. The van der Waals surface area contributed by atoms with Gasteiger partial charge in [-0.25, -0.2) is 4.98 Å². The quantitative estimate of drug-likeness (QED) is 0.439. The highest BCUT2D eigenvalue weighted by atomic mass is 16.7. The maximum absolute atomic E-state index is 9.97. The van der Waals surface area contributed by atoms with Crippen molar-refractivity contribution in [3.8, 4) is 0 Å². The molecule has 15 heavy (non-hydrogen) atoms. The Bertz CT molecular complexity index is 330. The van der Waals surface area contributed by atoms with E-state index in [9.17, 15) is 15.3 Å². The molecule has 7 heteroatoms. The van der Waals surface area contributed by atoms with Gasteiger partial charge in [0, 0.05) is 12.4 Å². The summed E-state index contributed by atoms with van der Waals surface area (Å²) in [6, 6.07) is 0. The average molecular weight is 216 g/mol. The molecule has 0 aromatic carbocycles. The second-order valence-electron chi connectivity index (χ2n) is 3.40. The lowest BCUT2D eigenvalue weighted by molar-refractivity contribution is -0.289. The summed E-state index contributed by atoms with van der Waals surface area (Å²) in [5.74, 6) is -2.08. The highest BCUT2D eigenvalue weighted by molar-refractivity contribution is 4.95. The first-order valence-corrected chi connectivity index (χ1v) is 4.45. The maximum Gasteiger partial charge on any atom is 0.284 e. The molecular weight excluding hydrogens is 204 g/mol. The standard InChI is InChI=1S/C8H12N2O5/c11-3-5-6(12)7(13)8(14,15-5)10-2-1-9-4-10/h1-2,4-7,11-14H,3H2/t5-,6-,7-,8+/m1/s1. The third-order valence-corrected chi connectivity index (χ3v) is 2.47. The molecule has 1 aliphatic heterocycles. The van der Waals surface area contributed by atoms with Crippen molar-refractivity contribution in [3.05, 3.63) is 18.7 Å². The minimum atomic E-state index is -2.08. The molecule has 1 fully saturated rings. The van der Waals surface area contributed by atoms with E-state index in [0.717, 1.165) is 4.57 Å². The van der Waals surface area contributed by atoms with E-state index in [4.69, 9.17) is 9.84 Å². The third kappa shape index (κ3) is 1.45. The molecule has 1 aromatic rings. The Balaban J connectivity index is 2.30. The highest BCUT2D eigenvalue weighted by Crippen LogP contribution is 2.32. The SMILES string of the molecule is OC[C@H]1O[C@](O)(n2ccnc2)[C@H](O)[C@@H]1O. The summed E-state index contributed by atoms with van der Waals surface area (Å²) in [5.41, 5.74) is 0. The largest absolute Gasteiger partial charge is 0.394 e. The number of hydrogen-bond acceptors (Lipinski definition) is 6. The minimum Gasteiger partial charge on any atom is -0.394 e. The molecule has 0 bridgehead atoms. The summed E-state index contributed by atoms with van der Waals surface area (Å²) < 4.78 is 6.12. The molecule has 0 aliphatic carbocycles. The van der Waals surface area contributed by atoms with Gasteiger partial charge in [0.25, 0.3) is 5.91 Å². The summed E-state index contributed by atoms with van der Waals surface area (Å²) in [6.07, 6.45) is 0.122. The van der Waals surface area contributed by atoms with Crippen LogP contribution in [0.5, 0.6) is 0 Å². The van der Waals surface area contributed by atoms with E-state index >= 15 is 0 Å². The fraction of sp³-hybridized carbons (Fsp3) is 0.625. The number of aromatic nitrogens is 2. The summed E-state index contributed by atoms with van der Waals surface area (Å²) >= 11 is 0. The zero-order valence-electron chi connectivity index (χ0n) is 7.76. The summed E-state index contributed by atoms with van der Waals surface area (Å²) in [4.78, 5) is 3.69. The smallest absolute Gasteiger partial charge is 0.284 e. The predicted molar refractivity (Wildman–Crippen MR) is 46.4 cm³/mol. The van der Waals surface area contributed by atoms with Crippen LogP contribution in [0.25, 0.3) is 0 Å². The lowest BCUT2D eigenvalue weighted by Gasteiger charge is -2.26. The van der Waals surface area contributed by atoms with Crippen molar-refractivity contribution in [1.29, 1.82) is 0 Å². The van der Waals surface area contributed by atoms with Gasteiger partial charge in [-0.05, 0) is 0 Å². The monoisotopic (exact) mass is 216 g/mol. The van der Waals surface area contributed by atoms with Gasteiger partial charge in [-0.2, -0.15) is 0 Å². The van der Waals surface area contributed by atoms with Crippen LogP contribution in [-0.2, 0) is 10.6 Å². The Hall–Kier alpha value is -0.990. The first-order valence-electron chi connectivity index (χ1n) is 4.45. The molecule has 1 aliphatic rings. The predicted octanol–water partition coefficient (Wildman–Crippen LogP) is -2.40. The van der Waals surface area contributed by atoms with Crippen molar-refractivity contribution < 1.29 is 25.2 Å². The fourth-order valence-corrected chi connectivity index (χ4v) is 1.60. The second kappa shape index (κ2) is 3.54. The molecule has 4 N–H and O–H groups in total. The van der Waals surface area contributed by atoms with Gasteiger partial charge in [0.2, 0.25) is 0 Å². The van der Waals surface area contributed by atoms with E-state index in [-0.39, 0.29) is 0 Å². The number of rotatable bonds is 2. The lowest BCUT2D eigenvalue weighted by Crippen LogP contribution is -2.45. The Labute approximate surface area is 85.2 Å². The van der Waals surface area contributed by atoms with Gasteiger partial charge in [0.05, 0.1) is 12.9 Å². The minimum absolute atomic E-state index is 0.491. The van der Waals surface area contributed by atoms with Gasteiger partial charge in [-0.3, -0.25) is 4.57 Å². The highest BCUT2D eigenvalue weighted by Gasteiger charge is 2.54. The molecule has 7 nitrogen and oxygen atoms in total. The summed E-state index contributed by atoms with van der Waals surface area (Å²) in [7, 11) is 0. The fourth-order valence-electron chi connectivity index (χ4n) is 1.60. The van der Waals surface area contributed by atoms with E-state index in [0.29, 0.717) is 0 Å². The van der Waals surface area contributed by atoms with E-state index in [1.54, 1.807) is 0 Å². The van der Waals surface area contributed by atoms with Crippen LogP contribution in [0.4, 0.5) is 0 Å². The van der Waals surface area contributed by atoms with Crippen molar-refractivity contribution >= 4 is 0 Å². The van der Waals surface area contributed by atoms with Crippen molar-refractivity contribution in [3.63, 3.8) is 0 Å². The first kappa shape index (κ1) is 10.5. The molecule has 2 heterocycles. The molecule has 0 radical (unpaired) electrons. The summed E-state index contributed by atoms with van der Waals surface area (Å²) in [5, 5.41) is 37.9. The molecule has 1 aromatic heterocycles. The molecule has 0 unspecified atom stereocenters. The zero-order chi connectivity index (χ0) is 11.1. The maximum atomic E-state index is 9.97. The normalized spacial score (nSPS) is 40.9. The van der Waals surface area contributed by atoms with Gasteiger partial charge in [-0.1, -0.05) is 0 Å². The van der Waals surface area contributed by atoms with Crippen LogP contribution in [0.2, 0.25) is 0 Å². The van der Waals surface area contributed by atoms with Crippen molar-refractivity contribution in [2.45, 2.75) is 24.2 Å². The van der Waals surface area contributed by atoms with Gasteiger partial charge >= 0.3 is 0 Å². The molecular formula is C8H12N2O5. The molecule has 4 atom stereocenters. The Kier molecular flexibility index (Phi) is 2.49. The van der Waals surface area contributed by atoms with Gasteiger partial charge < -0.3 is 25.2 Å². The van der Waals surface area contributed by atoms with Gasteiger partial charge in [-0.15, -0.1) is 0 Å². The molecule has 0 amide bonds. The Morgan fingerprint density at radius 1 is 1.47 bits per heavy atom. The Morgan fingerprint density at radius 2 is 2.20 bits per heavy atom. The molecule has 0 saturated carbocycles. The van der Waals surface area contributed by atoms with Crippen molar-refractivity contribution in [2.24, 2.45) is 0 Å². The van der Waals surface area contributed by atoms with Gasteiger partial charge in [0.15, 0.2) is 6.10 Å². The number of aliphatic hydroxyl groups is 4. The van der Waals surface area contributed by atoms with Gasteiger partial charge in [0.1, 0.15) is 12.2 Å². The van der Waals surface area contributed by atoms with E-state index in [1.807, 2.05) is 0 Å². The van der Waals surface area contributed by atoms with Crippen molar-refractivity contribution in [1.82, 2.24) is 9.55 Å². The number of imidazole rings is 1. The number of aliphatic hydroxyl groups excluding tert-OH is 3. The van der Waals surface area contributed by atoms with E-state index < -0.39 is 30.8 Å². The van der Waals surface area contributed by atoms with E-state index in [2.05, 4.69) is 4.98 Å². The van der Waals surface area contributed by atoms with Crippen LogP contribution in [-0.4, -0.2) is 54.9 Å². The van der Waals surface area contributed by atoms with Crippen LogP contribution in [0.3, 0.4) is 0 Å². The van der Waals surface area contributed by atoms with Crippen LogP contribution >= 0.6 is 0 Å². The molecule has 84 valence electrons. The van der Waals surface area contributed by atoms with Crippen molar-refractivity contribution in [2.75, 3.05) is 6.61 Å². The zero-order valence-corrected chi connectivity index (χ0v) is 7.76. The number of hydrogen-bond donors (Lipinski definition) is 4. The van der Waals surface area contributed by atoms with Crippen LogP contribution in [0.15, 0.2) is 18.7 Å². The molecule has 0 spiro atoms. The second-order valence-corrected chi connectivity index (χ2v) is 3.40. The van der Waals surface area contributed by atoms with Crippen LogP contribution in [0.1, 0.15) is 0 Å². The van der Waals surface area contributed by atoms with Crippen LogP contribution in [0, 0.1) is 0 Å².